The summed E-state index contributed by atoms with van der Waals surface area (Å²) >= 11 is 5.91. The van der Waals surface area contributed by atoms with Crippen molar-refractivity contribution in [3.8, 4) is 17.2 Å². The molecule has 34 heavy (non-hydrogen) atoms. The van der Waals surface area contributed by atoms with Gasteiger partial charge in [0.15, 0.2) is 5.82 Å². The molecule has 184 valence electrons. The fourth-order valence-electron chi connectivity index (χ4n) is 3.38. The minimum Gasteiger partial charge on any atom is -0.494 e. The van der Waals surface area contributed by atoms with Crippen molar-refractivity contribution in [3.63, 3.8) is 0 Å². The molecule has 0 saturated carbocycles. The molecule has 11 nitrogen and oxygen atoms in total. The van der Waals surface area contributed by atoms with Gasteiger partial charge in [-0.15, -0.1) is 10.2 Å². The lowest BCUT2D eigenvalue weighted by molar-refractivity contribution is 0.0989. The lowest BCUT2D eigenvalue weighted by atomic mass is 10.2. The van der Waals surface area contributed by atoms with Gasteiger partial charge in [-0.05, 0) is 31.2 Å². The molecule has 0 amide bonds. The first kappa shape index (κ1) is 25.7. The van der Waals surface area contributed by atoms with Gasteiger partial charge < -0.3 is 18.9 Å². The topological polar surface area (TPSA) is 127 Å². The molecule has 0 aliphatic carbocycles. The fraction of sp³-hybridized carbons (Fsp3) is 0.381. The number of sulfonamides is 1. The fourth-order valence-corrected chi connectivity index (χ4v) is 4.64. The van der Waals surface area contributed by atoms with Gasteiger partial charge in [-0.1, -0.05) is 17.7 Å². The lowest BCUT2D eigenvalue weighted by Crippen LogP contribution is -2.33. The van der Waals surface area contributed by atoms with Gasteiger partial charge in [-0.2, -0.15) is 0 Å². The van der Waals surface area contributed by atoms with Gasteiger partial charge in [-0.25, -0.2) is 8.42 Å². The first-order valence-electron chi connectivity index (χ1n) is 10.1. The quantitative estimate of drug-likeness (QED) is 0.413. The molecule has 3 aromatic rings. The van der Waals surface area contributed by atoms with E-state index in [2.05, 4.69) is 19.9 Å². The molecule has 0 bridgehead atoms. The Balaban J connectivity index is 2.05. The molecule has 2 aromatic heterocycles. The predicted molar refractivity (Wildman–Crippen MR) is 126 cm³/mol. The highest BCUT2D eigenvalue weighted by Gasteiger charge is 2.34. The Morgan fingerprint density at radius 2 is 1.74 bits per heavy atom. The van der Waals surface area contributed by atoms with Gasteiger partial charge in [-0.3, -0.25) is 14.3 Å². The number of nitrogens with zero attached hydrogens (tertiary/aromatic N) is 4. The first-order valence-corrected chi connectivity index (χ1v) is 12.0. The second kappa shape index (κ2) is 11.0. The highest BCUT2D eigenvalue weighted by molar-refractivity contribution is 7.93. The maximum absolute atomic E-state index is 13.4. The van der Waals surface area contributed by atoms with E-state index in [4.69, 9.17) is 30.5 Å². The third-order valence-corrected chi connectivity index (χ3v) is 6.99. The van der Waals surface area contributed by atoms with Crippen molar-refractivity contribution in [2.45, 2.75) is 24.9 Å². The van der Waals surface area contributed by atoms with Crippen molar-refractivity contribution in [3.05, 3.63) is 53.1 Å². The maximum atomic E-state index is 13.4. The maximum Gasteiger partial charge on any atom is 0.243 e. The van der Waals surface area contributed by atoms with Crippen LogP contribution in [0, 0.1) is 0 Å². The number of pyridine rings is 1. The minimum absolute atomic E-state index is 0.0564. The van der Waals surface area contributed by atoms with Crippen LogP contribution in [0.25, 0.3) is 5.69 Å². The Morgan fingerprint density at radius 3 is 2.26 bits per heavy atom. The average molecular weight is 512 g/mol. The number of ether oxygens (including phenoxy) is 4. The minimum atomic E-state index is -4.05. The van der Waals surface area contributed by atoms with Crippen molar-refractivity contribution in [1.82, 2.24) is 19.7 Å². The van der Waals surface area contributed by atoms with Crippen LogP contribution in [0.15, 0.2) is 36.5 Å². The number of methoxy groups -OCH3 is 4. The van der Waals surface area contributed by atoms with Gasteiger partial charge in [0.1, 0.15) is 35.1 Å². The Labute approximate surface area is 203 Å². The number of aromatic nitrogens is 4. The molecule has 13 heteroatoms. The van der Waals surface area contributed by atoms with E-state index >= 15 is 0 Å². The van der Waals surface area contributed by atoms with Crippen LogP contribution in [-0.4, -0.2) is 61.9 Å². The van der Waals surface area contributed by atoms with Crippen molar-refractivity contribution in [2.24, 2.45) is 0 Å². The van der Waals surface area contributed by atoms with E-state index in [1.165, 1.54) is 46.1 Å². The monoisotopic (exact) mass is 511 g/mol. The summed E-state index contributed by atoms with van der Waals surface area (Å²) < 4.78 is 52.4. The molecule has 2 atom stereocenters. The molecule has 1 aromatic carbocycles. The molecule has 0 spiro atoms. The standard InChI is InChI=1S/C21H26ClN5O6S/c1-13(20(33-5)15-10-9-14(22)11-23-15)34(28,29)26-21-25-24-18(12-30-2)27(21)19-16(31-3)7-6-8-17(19)32-4/h6-11,13,20H,12H2,1-5H3,(H,25,26)/t13-,20-/m0/s1. The second-order valence-corrected chi connectivity index (χ2v) is 9.60. The van der Waals surface area contributed by atoms with Crippen molar-refractivity contribution in [1.29, 1.82) is 0 Å². The summed E-state index contributed by atoms with van der Waals surface area (Å²) in [4.78, 5) is 4.20. The van der Waals surface area contributed by atoms with Crippen LogP contribution in [0.2, 0.25) is 5.02 Å². The van der Waals surface area contributed by atoms with Gasteiger partial charge >= 0.3 is 0 Å². The van der Waals surface area contributed by atoms with Crippen LogP contribution in [-0.2, 0) is 26.1 Å². The zero-order valence-corrected chi connectivity index (χ0v) is 20.9. The van der Waals surface area contributed by atoms with Gasteiger partial charge in [0.25, 0.3) is 0 Å². The molecular formula is C21H26ClN5O6S. The van der Waals surface area contributed by atoms with Gasteiger partial charge in [0, 0.05) is 20.4 Å². The van der Waals surface area contributed by atoms with E-state index in [1.54, 1.807) is 30.3 Å². The molecular weight excluding hydrogens is 486 g/mol. The number of halogens is 1. The Bertz CT molecular complexity index is 1200. The van der Waals surface area contributed by atoms with E-state index < -0.39 is 21.4 Å². The molecule has 0 radical (unpaired) electrons. The first-order chi connectivity index (χ1) is 16.3. The van der Waals surface area contributed by atoms with Crippen LogP contribution in [0.1, 0.15) is 24.5 Å². The average Bonchev–Trinajstić information content (AvgIpc) is 3.21. The number of hydrogen-bond donors (Lipinski definition) is 1. The third-order valence-electron chi connectivity index (χ3n) is 5.07. The number of anilines is 1. The summed E-state index contributed by atoms with van der Waals surface area (Å²) in [5, 5.41) is 7.53. The van der Waals surface area contributed by atoms with E-state index in [-0.39, 0.29) is 12.6 Å². The van der Waals surface area contributed by atoms with E-state index in [0.29, 0.717) is 33.7 Å². The number of hydrogen-bond acceptors (Lipinski definition) is 9. The van der Waals surface area contributed by atoms with Crippen LogP contribution in [0.4, 0.5) is 5.95 Å². The largest absolute Gasteiger partial charge is 0.494 e. The summed E-state index contributed by atoms with van der Waals surface area (Å²) in [6.07, 6.45) is 0.558. The number of rotatable bonds is 11. The lowest BCUT2D eigenvalue weighted by Gasteiger charge is -2.23. The summed E-state index contributed by atoms with van der Waals surface area (Å²) in [5.74, 6) is 1.11. The summed E-state index contributed by atoms with van der Waals surface area (Å²) in [6, 6.07) is 8.40. The van der Waals surface area contributed by atoms with Crippen molar-refractivity contribution in [2.75, 3.05) is 33.2 Å². The van der Waals surface area contributed by atoms with Crippen LogP contribution in [0.3, 0.4) is 0 Å². The van der Waals surface area contributed by atoms with Gasteiger partial charge in [0.05, 0.1) is 24.9 Å². The molecule has 0 fully saturated rings. The van der Waals surface area contributed by atoms with E-state index in [1.807, 2.05) is 0 Å². The van der Waals surface area contributed by atoms with Crippen molar-refractivity contribution < 1.29 is 27.4 Å². The summed E-state index contributed by atoms with van der Waals surface area (Å²) in [5.41, 5.74) is 0.829. The normalized spacial score (nSPS) is 13.4. The van der Waals surface area contributed by atoms with Crippen LogP contribution in [0.5, 0.6) is 11.5 Å². The zero-order chi connectivity index (χ0) is 24.9. The van der Waals surface area contributed by atoms with Crippen LogP contribution < -0.4 is 14.2 Å². The molecule has 1 N–H and O–H groups in total. The molecule has 3 rings (SSSR count). The second-order valence-electron chi connectivity index (χ2n) is 7.13. The molecule has 0 aliphatic heterocycles. The number of nitrogens with one attached hydrogen (secondary N) is 1. The number of benzene rings is 1. The van der Waals surface area contributed by atoms with E-state index in [0.717, 1.165) is 0 Å². The predicted octanol–water partition coefficient (Wildman–Crippen LogP) is 3.00. The third kappa shape index (κ3) is 5.25. The smallest absolute Gasteiger partial charge is 0.243 e. The Kier molecular flexibility index (Phi) is 8.31. The SMILES string of the molecule is COCc1nnc(NS(=O)(=O)[C@@H](C)[C@H](OC)c2ccc(Cl)cn2)n1-c1c(OC)cccc1OC. The van der Waals surface area contributed by atoms with Gasteiger partial charge in [0.2, 0.25) is 16.0 Å². The summed E-state index contributed by atoms with van der Waals surface area (Å²) in [7, 11) is 1.84. The molecule has 0 aliphatic rings. The molecule has 0 unspecified atom stereocenters. The Morgan fingerprint density at radius 1 is 1.06 bits per heavy atom. The summed E-state index contributed by atoms with van der Waals surface area (Å²) in [6.45, 7) is 1.56. The highest BCUT2D eigenvalue weighted by Crippen LogP contribution is 2.36. The number of para-hydroxylation sites is 1. The zero-order valence-electron chi connectivity index (χ0n) is 19.4. The van der Waals surface area contributed by atoms with E-state index in [9.17, 15) is 8.42 Å². The van der Waals surface area contributed by atoms with Crippen LogP contribution >= 0.6 is 11.6 Å². The Hall–Kier alpha value is -2.93. The molecule has 0 saturated heterocycles. The van der Waals surface area contributed by atoms with Crippen molar-refractivity contribution >= 4 is 27.6 Å². The molecule has 2 heterocycles. The highest BCUT2D eigenvalue weighted by atomic mass is 35.5.